The van der Waals surface area contributed by atoms with Gasteiger partial charge in [0.25, 0.3) is 0 Å². The van der Waals surface area contributed by atoms with E-state index in [1.54, 1.807) is 0 Å². The molecule has 2 fully saturated rings. The molecule has 4 aromatic rings. The van der Waals surface area contributed by atoms with Crippen molar-refractivity contribution in [3.8, 4) is 11.4 Å². The lowest BCUT2D eigenvalue weighted by molar-refractivity contribution is 0.0805. The summed E-state index contributed by atoms with van der Waals surface area (Å²) in [5, 5.41) is 12.0. The van der Waals surface area contributed by atoms with Gasteiger partial charge < -0.3 is 19.9 Å². The fraction of sp³-hybridized carbons (Fsp3) is 0.448. The highest BCUT2D eigenvalue weighted by Crippen LogP contribution is 2.39. The van der Waals surface area contributed by atoms with Gasteiger partial charge in [-0.1, -0.05) is 24.6 Å². The van der Waals surface area contributed by atoms with Gasteiger partial charge in [-0.2, -0.15) is 5.10 Å². The first kappa shape index (κ1) is 24.6. The molecule has 2 aromatic heterocycles. The van der Waals surface area contributed by atoms with Crippen LogP contribution in [-0.2, 0) is 9.30 Å². The number of fused-ring (bicyclic) bond motifs is 2. The Morgan fingerprint density at radius 2 is 1.95 bits per heavy atom. The normalized spacial score (nSPS) is 21.4. The molecular formula is C29H36N5O2P. The maximum Gasteiger partial charge on any atom is 0.137 e. The molecule has 2 aliphatic heterocycles. The van der Waals surface area contributed by atoms with Crippen LogP contribution in [0.4, 0.5) is 5.82 Å². The van der Waals surface area contributed by atoms with Crippen LogP contribution in [0.25, 0.3) is 33.1 Å². The van der Waals surface area contributed by atoms with Gasteiger partial charge in [-0.25, -0.2) is 4.98 Å². The first-order valence-electron chi connectivity index (χ1n) is 13.4. The minimum absolute atomic E-state index is 0.112. The molecule has 7 nitrogen and oxygen atoms in total. The monoisotopic (exact) mass is 517 g/mol. The van der Waals surface area contributed by atoms with Crippen LogP contribution in [0.5, 0.6) is 0 Å². The third-order valence-electron chi connectivity index (χ3n) is 7.89. The highest BCUT2D eigenvalue weighted by Gasteiger charge is 2.23. The number of H-pyrrole nitrogens is 1. The van der Waals surface area contributed by atoms with E-state index in [0.29, 0.717) is 5.92 Å². The summed E-state index contributed by atoms with van der Waals surface area (Å²) in [4.78, 5) is 7.55. The number of aromatic nitrogens is 3. The van der Waals surface area contributed by atoms with Crippen molar-refractivity contribution in [2.75, 3.05) is 44.5 Å². The van der Waals surface area contributed by atoms with Gasteiger partial charge in [0.05, 0.1) is 17.8 Å². The number of hydrogen-bond acceptors (Lipinski definition) is 6. The molecular weight excluding hydrogens is 481 g/mol. The van der Waals surface area contributed by atoms with Gasteiger partial charge in [0, 0.05) is 47.7 Å². The quantitative estimate of drug-likeness (QED) is 0.360. The van der Waals surface area contributed by atoms with Crippen molar-refractivity contribution in [1.82, 2.24) is 15.2 Å². The molecule has 0 bridgehead atoms. The van der Waals surface area contributed by atoms with Crippen molar-refractivity contribution in [3.63, 3.8) is 0 Å². The second-order valence-corrected chi connectivity index (χ2v) is 14.3. The highest BCUT2D eigenvalue weighted by atomic mass is 31.2. The molecule has 6 rings (SSSR count). The third-order valence-corrected chi connectivity index (χ3v) is 9.41. The lowest BCUT2D eigenvalue weighted by Crippen LogP contribution is -2.36. The Morgan fingerprint density at radius 3 is 2.76 bits per heavy atom. The van der Waals surface area contributed by atoms with Crippen LogP contribution in [-0.4, -0.2) is 60.9 Å². The molecule has 0 amide bonds. The Kier molecular flexibility index (Phi) is 6.56. The molecule has 0 aliphatic carbocycles. The van der Waals surface area contributed by atoms with Crippen LogP contribution in [0.1, 0.15) is 43.6 Å². The van der Waals surface area contributed by atoms with E-state index in [1.165, 1.54) is 5.56 Å². The van der Waals surface area contributed by atoms with Crippen molar-refractivity contribution in [2.45, 2.75) is 44.1 Å². The number of ether oxygens (including phenoxy) is 1. The van der Waals surface area contributed by atoms with E-state index in [9.17, 15) is 4.57 Å². The molecule has 194 valence electrons. The van der Waals surface area contributed by atoms with Gasteiger partial charge in [-0.15, -0.1) is 0 Å². The van der Waals surface area contributed by atoms with Crippen molar-refractivity contribution in [3.05, 3.63) is 48.0 Å². The second-order valence-electron chi connectivity index (χ2n) is 11.1. The van der Waals surface area contributed by atoms with E-state index in [1.807, 2.05) is 19.4 Å². The number of pyridine rings is 1. The standard InChI is InChI=1S/C29H36N5O2P/c1-37(2,35)23-10-8-20-15-27(31-29(24(20)16-23)34-12-4-3-7-22(30)17-34)28-25-14-19(9-11-26(25)32-33-28)21-6-5-13-36-18-21/h8-11,14-16,21-22H,3-7,12-13,17-18,30H2,1-2H3,(H,32,33)/t21?,22-/m0/s1. The number of anilines is 1. The molecule has 0 radical (unpaired) electrons. The summed E-state index contributed by atoms with van der Waals surface area (Å²) in [6, 6.07) is 14.9. The van der Waals surface area contributed by atoms with Crippen LogP contribution in [0.2, 0.25) is 0 Å². The molecule has 0 saturated carbocycles. The Hall–Kier alpha value is -2.73. The van der Waals surface area contributed by atoms with Gasteiger partial charge in [-0.3, -0.25) is 5.10 Å². The predicted molar refractivity (Wildman–Crippen MR) is 153 cm³/mol. The van der Waals surface area contributed by atoms with Crippen LogP contribution in [0.3, 0.4) is 0 Å². The van der Waals surface area contributed by atoms with Crippen molar-refractivity contribution >= 4 is 39.9 Å². The zero-order chi connectivity index (χ0) is 25.6. The number of nitrogens with one attached hydrogen (secondary N) is 1. The number of benzene rings is 2. The highest BCUT2D eigenvalue weighted by molar-refractivity contribution is 7.70. The average Bonchev–Trinajstić information content (AvgIpc) is 3.20. The Labute approximate surface area is 218 Å². The Bertz CT molecular complexity index is 1490. The zero-order valence-corrected chi connectivity index (χ0v) is 22.6. The molecule has 2 atom stereocenters. The number of hydrogen-bond donors (Lipinski definition) is 2. The number of nitrogens with zero attached hydrogens (tertiary/aromatic N) is 3. The van der Waals surface area contributed by atoms with Gasteiger partial charge in [0.2, 0.25) is 0 Å². The molecule has 37 heavy (non-hydrogen) atoms. The fourth-order valence-corrected chi connectivity index (χ4v) is 6.64. The minimum Gasteiger partial charge on any atom is -0.381 e. The summed E-state index contributed by atoms with van der Waals surface area (Å²) in [5.41, 5.74) is 10.5. The SMILES string of the molecule is CP(C)(=O)c1ccc2cc(-c3n[nH]c4ccc(C5CCCOC5)cc34)nc(N3CCCC[C@H](N)C3)c2c1. The van der Waals surface area contributed by atoms with E-state index in [2.05, 4.69) is 46.4 Å². The van der Waals surface area contributed by atoms with E-state index in [0.717, 1.165) is 103 Å². The molecule has 1 unspecified atom stereocenters. The summed E-state index contributed by atoms with van der Waals surface area (Å²) in [6.45, 7) is 6.94. The first-order chi connectivity index (χ1) is 17.9. The largest absolute Gasteiger partial charge is 0.381 e. The van der Waals surface area contributed by atoms with Crippen LogP contribution < -0.4 is 15.9 Å². The Balaban J connectivity index is 1.51. The van der Waals surface area contributed by atoms with Crippen LogP contribution >= 0.6 is 7.14 Å². The maximum absolute atomic E-state index is 12.9. The van der Waals surface area contributed by atoms with Crippen molar-refractivity contribution in [2.24, 2.45) is 5.73 Å². The molecule has 3 N–H and O–H groups in total. The minimum atomic E-state index is -2.41. The maximum atomic E-state index is 12.9. The van der Waals surface area contributed by atoms with Crippen molar-refractivity contribution < 1.29 is 9.30 Å². The molecule has 2 aromatic carbocycles. The summed E-state index contributed by atoms with van der Waals surface area (Å²) in [6.07, 6.45) is 5.47. The lowest BCUT2D eigenvalue weighted by atomic mass is 9.92. The van der Waals surface area contributed by atoms with Gasteiger partial charge in [-0.05, 0) is 74.2 Å². The molecule has 8 heteroatoms. The van der Waals surface area contributed by atoms with E-state index in [4.69, 9.17) is 20.6 Å². The second kappa shape index (κ2) is 9.86. The lowest BCUT2D eigenvalue weighted by Gasteiger charge is -2.26. The first-order valence-corrected chi connectivity index (χ1v) is 16.0. The van der Waals surface area contributed by atoms with Gasteiger partial charge in [0.1, 0.15) is 18.7 Å². The van der Waals surface area contributed by atoms with Crippen LogP contribution in [0, 0.1) is 0 Å². The third kappa shape index (κ3) is 4.93. The van der Waals surface area contributed by atoms with Crippen LogP contribution in [0.15, 0.2) is 42.5 Å². The molecule has 2 aliphatic rings. The van der Waals surface area contributed by atoms with E-state index < -0.39 is 7.14 Å². The smallest absolute Gasteiger partial charge is 0.137 e. The van der Waals surface area contributed by atoms with E-state index in [-0.39, 0.29) is 6.04 Å². The summed E-state index contributed by atoms with van der Waals surface area (Å²) in [5.74, 6) is 1.32. The molecule has 0 spiro atoms. The number of rotatable bonds is 4. The number of aromatic amines is 1. The number of nitrogens with two attached hydrogens (primary N) is 1. The molecule has 4 heterocycles. The summed E-state index contributed by atoms with van der Waals surface area (Å²) < 4.78 is 18.7. The average molecular weight is 518 g/mol. The summed E-state index contributed by atoms with van der Waals surface area (Å²) in [7, 11) is -2.41. The summed E-state index contributed by atoms with van der Waals surface area (Å²) >= 11 is 0. The fourth-order valence-electron chi connectivity index (χ4n) is 5.77. The van der Waals surface area contributed by atoms with Gasteiger partial charge >= 0.3 is 0 Å². The predicted octanol–water partition coefficient (Wildman–Crippen LogP) is 5.24. The topological polar surface area (TPSA) is 97.1 Å². The Morgan fingerprint density at radius 1 is 1.05 bits per heavy atom. The van der Waals surface area contributed by atoms with Gasteiger partial charge in [0.15, 0.2) is 0 Å². The van der Waals surface area contributed by atoms with E-state index >= 15 is 0 Å². The molecule has 2 saturated heterocycles. The zero-order valence-electron chi connectivity index (χ0n) is 21.7. The van der Waals surface area contributed by atoms with Crippen molar-refractivity contribution in [1.29, 1.82) is 0 Å².